The Kier molecular flexibility index (Phi) is 3.41. The average molecular weight is 259 g/mol. The first-order valence-corrected chi connectivity index (χ1v) is 5.89. The second-order valence-corrected chi connectivity index (χ2v) is 4.40. The van der Waals surface area contributed by atoms with Gasteiger partial charge in [0.05, 0.1) is 17.6 Å². The molecule has 0 aliphatic heterocycles. The van der Waals surface area contributed by atoms with Gasteiger partial charge in [-0.2, -0.15) is 5.10 Å². The summed E-state index contributed by atoms with van der Waals surface area (Å²) >= 11 is 0. The third kappa shape index (κ3) is 2.67. The van der Waals surface area contributed by atoms with E-state index in [1.54, 1.807) is 29.1 Å². The molecule has 2 aromatic rings. The largest absolute Gasteiger partial charge is 0.397 e. The molecule has 0 spiro atoms. The lowest BCUT2D eigenvalue weighted by molar-refractivity contribution is 0.100. The van der Waals surface area contributed by atoms with Crippen LogP contribution in [0.3, 0.4) is 0 Å². The summed E-state index contributed by atoms with van der Waals surface area (Å²) < 4.78 is 1.81. The molecule has 100 valence electrons. The average Bonchev–Trinajstić information content (AvgIpc) is 2.69. The molecule has 0 saturated carbocycles. The predicted octanol–water partition coefficient (Wildman–Crippen LogP) is 1.02. The second kappa shape index (κ2) is 5.01. The molecule has 0 fully saturated rings. The normalized spacial score (nSPS) is 10.4. The molecule has 0 atom stereocenters. The summed E-state index contributed by atoms with van der Waals surface area (Å²) in [6.45, 7) is 2.58. The summed E-state index contributed by atoms with van der Waals surface area (Å²) in [5.74, 6) is -0.472. The first-order chi connectivity index (χ1) is 8.99. The van der Waals surface area contributed by atoms with Crippen LogP contribution in [0, 0.1) is 6.92 Å². The van der Waals surface area contributed by atoms with E-state index in [0.29, 0.717) is 23.5 Å². The molecule has 5 N–H and O–H groups in total. The smallest absolute Gasteiger partial charge is 0.248 e. The molecule has 6 nitrogen and oxygen atoms in total. The van der Waals surface area contributed by atoms with Gasteiger partial charge in [0, 0.05) is 30.4 Å². The Bertz CT molecular complexity index is 617. The zero-order valence-corrected chi connectivity index (χ0v) is 11.0. The van der Waals surface area contributed by atoms with Crippen LogP contribution in [0.25, 0.3) is 0 Å². The number of nitrogens with one attached hydrogen (secondary N) is 1. The van der Waals surface area contributed by atoms with Crippen LogP contribution >= 0.6 is 0 Å². The SMILES string of the molecule is Cc1c(CNc2cc(C(N)=O)ccc2N)cnn1C. The van der Waals surface area contributed by atoms with Crippen molar-refractivity contribution in [3.8, 4) is 0 Å². The Hall–Kier alpha value is -2.50. The van der Waals surface area contributed by atoms with Gasteiger partial charge in [0.15, 0.2) is 0 Å². The summed E-state index contributed by atoms with van der Waals surface area (Å²) in [5, 5.41) is 7.36. The van der Waals surface area contributed by atoms with Crippen molar-refractivity contribution in [3.63, 3.8) is 0 Å². The summed E-state index contributed by atoms with van der Waals surface area (Å²) in [6.07, 6.45) is 1.80. The fourth-order valence-electron chi connectivity index (χ4n) is 1.77. The van der Waals surface area contributed by atoms with Gasteiger partial charge in [0.1, 0.15) is 0 Å². The van der Waals surface area contributed by atoms with Crippen LogP contribution in [0.15, 0.2) is 24.4 Å². The van der Waals surface area contributed by atoms with E-state index in [0.717, 1.165) is 11.3 Å². The Labute approximate surface area is 111 Å². The van der Waals surface area contributed by atoms with Gasteiger partial charge in [-0.05, 0) is 25.1 Å². The Balaban J connectivity index is 2.17. The topological polar surface area (TPSA) is 99.0 Å². The number of nitrogens with two attached hydrogens (primary N) is 2. The molecule has 1 heterocycles. The highest BCUT2D eigenvalue weighted by molar-refractivity contribution is 5.94. The van der Waals surface area contributed by atoms with Gasteiger partial charge in [0.25, 0.3) is 0 Å². The lowest BCUT2D eigenvalue weighted by Crippen LogP contribution is -2.12. The minimum Gasteiger partial charge on any atom is -0.397 e. The lowest BCUT2D eigenvalue weighted by Gasteiger charge is -2.10. The van der Waals surface area contributed by atoms with Crippen LogP contribution < -0.4 is 16.8 Å². The minimum absolute atomic E-state index is 0.430. The molecule has 0 radical (unpaired) electrons. The molecule has 0 saturated heterocycles. The van der Waals surface area contributed by atoms with Crippen LogP contribution in [0.1, 0.15) is 21.6 Å². The number of aryl methyl sites for hydroxylation is 1. The molecule has 0 aliphatic rings. The van der Waals surface area contributed by atoms with Crippen molar-refractivity contribution in [2.24, 2.45) is 12.8 Å². The van der Waals surface area contributed by atoms with Gasteiger partial charge < -0.3 is 16.8 Å². The lowest BCUT2D eigenvalue weighted by atomic mass is 10.1. The van der Waals surface area contributed by atoms with Crippen LogP contribution in [0.2, 0.25) is 0 Å². The number of amides is 1. The number of nitrogens with zero attached hydrogens (tertiary/aromatic N) is 2. The van der Waals surface area contributed by atoms with Crippen molar-refractivity contribution in [1.29, 1.82) is 0 Å². The zero-order valence-electron chi connectivity index (χ0n) is 11.0. The molecule has 0 aliphatic carbocycles. The zero-order chi connectivity index (χ0) is 14.0. The van der Waals surface area contributed by atoms with Gasteiger partial charge in [-0.25, -0.2) is 0 Å². The molecule has 0 bridgehead atoms. The number of primary amides is 1. The van der Waals surface area contributed by atoms with Gasteiger partial charge >= 0.3 is 0 Å². The van der Waals surface area contributed by atoms with Crippen LogP contribution in [-0.2, 0) is 13.6 Å². The summed E-state index contributed by atoms with van der Waals surface area (Å²) in [4.78, 5) is 11.1. The molecular formula is C13H17N5O. The quantitative estimate of drug-likeness (QED) is 0.714. The molecule has 2 rings (SSSR count). The number of rotatable bonds is 4. The fourth-order valence-corrected chi connectivity index (χ4v) is 1.77. The van der Waals surface area contributed by atoms with Crippen molar-refractivity contribution in [2.45, 2.75) is 13.5 Å². The van der Waals surface area contributed by atoms with E-state index in [4.69, 9.17) is 11.5 Å². The van der Waals surface area contributed by atoms with Crippen molar-refractivity contribution >= 4 is 17.3 Å². The monoisotopic (exact) mass is 259 g/mol. The maximum Gasteiger partial charge on any atom is 0.248 e. The van der Waals surface area contributed by atoms with Crippen LogP contribution in [-0.4, -0.2) is 15.7 Å². The molecule has 0 unspecified atom stereocenters. The number of aromatic nitrogens is 2. The van der Waals surface area contributed by atoms with E-state index < -0.39 is 5.91 Å². The van der Waals surface area contributed by atoms with Gasteiger partial charge in [-0.1, -0.05) is 0 Å². The van der Waals surface area contributed by atoms with E-state index in [2.05, 4.69) is 10.4 Å². The number of carbonyl (C=O) groups is 1. The van der Waals surface area contributed by atoms with Crippen molar-refractivity contribution in [1.82, 2.24) is 9.78 Å². The van der Waals surface area contributed by atoms with Crippen molar-refractivity contribution in [2.75, 3.05) is 11.1 Å². The maximum atomic E-state index is 11.1. The van der Waals surface area contributed by atoms with E-state index in [-0.39, 0.29) is 0 Å². The van der Waals surface area contributed by atoms with Crippen LogP contribution in [0.4, 0.5) is 11.4 Å². The molecule has 1 aromatic carbocycles. The molecular weight excluding hydrogens is 242 g/mol. The number of benzene rings is 1. The third-order valence-corrected chi connectivity index (χ3v) is 3.14. The summed E-state index contributed by atoms with van der Waals surface area (Å²) in [5.41, 5.74) is 15.0. The van der Waals surface area contributed by atoms with Gasteiger partial charge in [-0.15, -0.1) is 0 Å². The molecule has 6 heteroatoms. The van der Waals surface area contributed by atoms with E-state index in [9.17, 15) is 4.79 Å². The molecule has 1 amide bonds. The predicted molar refractivity (Wildman–Crippen MR) is 74.6 cm³/mol. The minimum atomic E-state index is -0.472. The summed E-state index contributed by atoms with van der Waals surface area (Å²) in [7, 11) is 1.89. The van der Waals surface area contributed by atoms with Gasteiger partial charge in [0.2, 0.25) is 5.91 Å². The number of hydrogen-bond donors (Lipinski definition) is 3. The highest BCUT2D eigenvalue weighted by atomic mass is 16.1. The van der Waals surface area contributed by atoms with Crippen molar-refractivity contribution < 1.29 is 4.79 Å². The molecule has 19 heavy (non-hydrogen) atoms. The Morgan fingerprint density at radius 3 is 2.79 bits per heavy atom. The number of hydrogen-bond acceptors (Lipinski definition) is 4. The fraction of sp³-hybridized carbons (Fsp3) is 0.231. The molecule has 1 aromatic heterocycles. The maximum absolute atomic E-state index is 11.1. The van der Waals surface area contributed by atoms with E-state index in [1.807, 2.05) is 14.0 Å². The van der Waals surface area contributed by atoms with E-state index in [1.165, 1.54) is 0 Å². The number of anilines is 2. The second-order valence-electron chi connectivity index (χ2n) is 4.40. The first-order valence-electron chi connectivity index (χ1n) is 5.89. The Morgan fingerprint density at radius 1 is 1.47 bits per heavy atom. The third-order valence-electron chi connectivity index (χ3n) is 3.14. The standard InChI is InChI=1S/C13H17N5O/c1-8-10(7-17-18(8)2)6-16-12-5-9(13(15)19)3-4-11(12)14/h3-5,7,16H,6,14H2,1-2H3,(H2,15,19). The Morgan fingerprint density at radius 2 is 2.21 bits per heavy atom. The number of carbonyl (C=O) groups excluding carboxylic acids is 1. The van der Waals surface area contributed by atoms with Crippen molar-refractivity contribution in [3.05, 3.63) is 41.2 Å². The highest BCUT2D eigenvalue weighted by Crippen LogP contribution is 2.21. The highest BCUT2D eigenvalue weighted by Gasteiger charge is 2.07. The van der Waals surface area contributed by atoms with E-state index >= 15 is 0 Å². The summed E-state index contributed by atoms with van der Waals surface area (Å²) in [6, 6.07) is 4.93. The van der Waals surface area contributed by atoms with Crippen LogP contribution in [0.5, 0.6) is 0 Å². The number of nitrogen functional groups attached to an aromatic ring is 1. The first kappa shape index (κ1) is 12.9. The van der Waals surface area contributed by atoms with Gasteiger partial charge in [-0.3, -0.25) is 9.48 Å².